The molecule has 2 amide bonds. The SMILES string of the molecule is O=C(CCc1cccnc1)Nc1cc(F)cc(C(=O)NCc2cc(C3CC3)on2)c1. The second-order valence-electron chi connectivity index (χ2n) is 7.32. The zero-order valence-electron chi connectivity index (χ0n) is 16.2. The average Bonchev–Trinajstić information content (AvgIpc) is 3.49. The zero-order chi connectivity index (χ0) is 20.9. The van der Waals surface area contributed by atoms with Crippen molar-refractivity contribution in [1.82, 2.24) is 15.5 Å². The molecule has 30 heavy (non-hydrogen) atoms. The van der Waals surface area contributed by atoms with Gasteiger partial charge in [0.15, 0.2) is 0 Å². The highest BCUT2D eigenvalue weighted by molar-refractivity contribution is 5.97. The summed E-state index contributed by atoms with van der Waals surface area (Å²) in [4.78, 5) is 28.6. The van der Waals surface area contributed by atoms with E-state index in [4.69, 9.17) is 4.52 Å². The number of carbonyl (C=O) groups is 2. The Morgan fingerprint density at radius 2 is 2.07 bits per heavy atom. The van der Waals surface area contributed by atoms with Crippen molar-refractivity contribution in [2.75, 3.05) is 5.32 Å². The van der Waals surface area contributed by atoms with Gasteiger partial charge in [-0.3, -0.25) is 14.6 Å². The van der Waals surface area contributed by atoms with Gasteiger partial charge >= 0.3 is 0 Å². The molecule has 0 bridgehead atoms. The molecule has 1 saturated carbocycles. The number of anilines is 1. The van der Waals surface area contributed by atoms with Gasteiger partial charge in [0.25, 0.3) is 5.91 Å². The van der Waals surface area contributed by atoms with E-state index >= 15 is 0 Å². The number of amides is 2. The molecule has 4 rings (SSSR count). The van der Waals surface area contributed by atoms with E-state index in [1.54, 1.807) is 18.5 Å². The quantitative estimate of drug-likeness (QED) is 0.594. The maximum absolute atomic E-state index is 14.0. The van der Waals surface area contributed by atoms with Gasteiger partial charge in [-0.1, -0.05) is 11.2 Å². The highest BCUT2D eigenvalue weighted by Gasteiger charge is 2.27. The molecule has 3 aromatic rings. The summed E-state index contributed by atoms with van der Waals surface area (Å²) in [6.07, 6.45) is 6.29. The minimum absolute atomic E-state index is 0.114. The highest BCUT2D eigenvalue weighted by atomic mass is 19.1. The molecule has 2 aromatic heterocycles. The predicted molar refractivity (Wildman–Crippen MR) is 107 cm³/mol. The molecule has 0 unspecified atom stereocenters. The lowest BCUT2D eigenvalue weighted by atomic mass is 10.1. The Labute approximate surface area is 172 Å². The van der Waals surface area contributed by atoms with Crippen LogP contribution in [0.3, 0.4) is 0 Å². The number of aromatic nitrogens is 2. The summed E-state index contributed by atoms with van der Waals surface area (Å²) in [5.41, 5.74) is 1.90. The number of halogens is 1. The molecular formula is C22H21FN4O3. The summed E-state index contributed by atoms with van der Waals surface area (Å²) in [7, 11) is 0. The molecule has 1 fully saturated rings. The summed E-state index contributed by atoms with van der Waals surface area (Å²) >= 11 is 0. The summed E-state index contributed by atoms with van der Waals surface area (Å²) in [5, 5.41) is 9.27. The van der Waals surface area contributed by atoms with Crippen LogP contribution in [0.2, 0.25) is 0 Å². The van der Waals surface area contributed by atoms with Crippen molar-refractivity contribution in [3.8, 4) is 0 Å². The van der Waals surface area contributed by atoms with E-state index in [9.17, 15) is 14.0 Å². The third kappa shape index (κ3) is 5.28. The van der Waals surface area contributed by atoms with E-state index in [0.717, 1.165) is 30.2 Å². The maximum atomic E-state index is 14.0. The molecule has 154 valence electrons. The number of hydrogen-bond acceptors (Lipinski definition) is 5. The maximum Gasteiger partial charge on any atom is 0.251 e. The molecule has 1 aliphatic rings. The van der Waals surface area contributed by atoms with Crippen LogP contribution in [0, 0.1) is 5.82 Å². The molecule has 1 aromatic carbocycles. The number of carbonyl (C=O) groups excluding carboxylic acids is 2. The standard InChI is InChI=1S/C22H21FN4O3/c23-17-8-16(22(29)25-13-19-11-20(30-27-19)15-4-5-15)9-18(10-17)26-21(28)6-3-14-2-1-7-24-12-14/h1-2,7-12,15H,3-6,13H2,(H,25,29)(H,26,28). The van der Waals surface area contributed by atoms with Crippen molar-refractivity contribution in [2.24, 2.45) is 0 Å². The van der Waals surface area contributed by atoms with Crippen LogP contribution in [0.4, 0.5) is 10.1 Å². The number of nitrogens with one attached hydrogen (secondary N) is 2. The summed E-state index contributed by atoms with van der Waals surface area (Å²) in [6, 6.07) is 9.26. The van der Waals surface area contributed by atoms with E-state index in [1.807, 2.05) is 12.1 Å². The third-order valence-electron chi connectivity index (χ3n) is 4.79. The molecule has 0 atom stereocenters. The lowest BCUT2D eigenvalue weighted by Gasteiger charge is -2.09. The van der Waals surface area contributed by atoms with Crippen LogP contribution in [0.25, 0.3) is 0 Å². The second-order valence-corrected chi connectivity index (χ2v) is 7.32. The van der Waals surface area contributed by atoms with Gasteiger partial charge in [-0.2, -0.15) is 0 Å². The van der Waals surface area contributed by atoms with E-state index in [-0.39, 0.29) is 30.1 Å². The monoisotopic (exact) mass is 408 g/mol. The minimum Gasteiger partial charge on any atom is -0.361 e. The summed E-state index contributed by atoms with van der Waals surface area (Å²) in [5.74, 6) is -0.0687. The Hall–Kier alpha value is -3.55. The summed E-state index contributed by atoms with van der Waals surface area (Å²) < 4.78 is 19.2. The minimum atomic E-state index is -0.609. The smallest absolute Gasteiger partial charge is 0.251 e. The van der Waals surface area contributed by atoms with Gasteiger partial charge in [0.1, 0.15) is 17.3 Å². The first-order chi connectivity index (χ1) is 14.6. The number of aryl methyl sites for hydroxylation is 1. The van der Waals surface area contributed by atoms with Crippen molar-refractivity contribution in [1.29, 1.82) is 0 Å². The van der Waals surface area contributed by atoms with Crippen LogP contribution in [0.15, 0.2) is 53.3 Å². The van der Waals surface area contributed by atoms with Crippen molar-refractivity contribution in [3.05, 3.63) is 77.2 Å². The van der Waals surface area contributed by atoms with Crippen LogP contribution in [-0.2, 0) is 17.8 Å². The van der Waals surface area contributed by atoms with E-state index in [0.29, 0.717) is 18.0 Å². The predicted octanol–water partition coefficient (Wildman–Crippen LogP) is 3.59. The molecular weight excluding hydrogens is 387 g/mol. The van der Waals surface area contributed by atoms with E-state index in [2.05, 4.69) is 20.8 Å². The van der Waals surface area contributed by atoms with Gasteiger partial charge in [-0.15, -0.1) is 0 Å². The molecule has 2 heterocycles. The molecule has 0 aliphatic heterocycles. The molecule has 1 aliphatic carbocycles. The number of rotatable bonds is 8. The number of hydrogen-bond donors (Lipinski definition) is 2. The van der Waals surface area contributed by atoms with E-state index < -0.39 is 11.7 Å². The zero-order valence-corrected chi connectivity index (χ0v) is 16.2. The first-order valence-corrected chi connectivity index (χ1v) is 9.80. The molecule has 7 nitrogen and oxygen atoms in total. The van der Waals surface area contributed by atoms with Crippen LogP contribution in [0.1, 0.15) is 52.6 Å². The van der Waals surface area contributed by atoms with Gasteiger partial charge in [-0.25, -0.2) is 4.39 Å². The van der Waals surface area contributed by atoms with Gasteiger partial charge in [-0.05, 0) is 49.1 Å². The molecule has 0 spiro atoms. The lowest BCUT2D eigenvalue weighted by molar-refractivity contribution is -0.116. The van der Waals surface area contributed by atoms with Crippen LogP contribution < -0.4 is 10.6 Å². The fourth-order valence-corrected chi connectivity index (χ4v) is 3.06. The van der Waals surface area contributed by atoms with Gasteiger partial charge < -0.3 is 15.2 Å². The fourth-order valence-electron chi connectivity index (χ4n) is 3.06. The largest absolute Gasteiger partial charge is 0.361 e. The highest BCUT2D eigenvalue weighted by Crippen LogP contribution is 2.40. The van der Waals surface area contributed by atoms with Crippen molar-refractivity contribution >= 4 is 17.5 Å². The fraction of sp³-hybridized carbons (Fsp3) is 0.273. The normalized spacial score (nSPS) is 13.1. The number of pyridine rings is 1. The lowest BCUT2D eigenvalue weighted by Crippen LogP contribution is -2.23. The third-order valence-corrected chi connectivity index (χ3v) is 4.79. The molecule has 8 heteroatoms. The molecule has 0 radical (unpaired) electrons. The van der Waals surface area contributed by atoms with E-state index in [1.165, 1.54) is 12.1 Å². The number of nitrogens with zero attached hydrogens (tertiary/aromatic N) is 2. The van der Waals surface area contributed by atoms with Crippen LogP contribution >= 0.6 is 0 Å². The first-order valence-electron chi connectivity index (χ1n) is 9.80. The Bertz CT molecular complexity index is 1050. The van der Waals surface area contributed by atoms with Gasteiger partial charge in [0.2, 0.25) is 5.91 Å². The van der Waals surface area contributed by atoms with Crippen molar-refractivity contribution < 1.29 is 18.5 Å². The van der Waals surface area contributed by atoms with Crippen molar-refractivity contribution in [3.63, 3.8) is 0 Å². The Kier molecular flexibility index (Phi) is 5.83. The number of benzene rings is 1. The second kappa shape index (κ2) is 8.86. The van der Waals surface area contributed by atoms with Crippen LogP contribution in [-0.4, -0.2) is 22.0 Å². The Morgan fingerprint density at radius 3 is 2.83 bits per heavy atom. The van der Waals surface area contributed by atoms with Crippen LogP contribution in [0.5, 0.6) is 0 Å². The van der Waals surface area contributed by atoms with Crippen molar-refractivity contribution in [2.45, 2.75) is 38.1 Å². The Balaban J connectivity index is 1.33. The molecule has 2 N–H and O–H groups in total. The average molecular weight is 408 g/mol. The summed E-state index contributed by atoms with van der Waals surface area (Å²) in [6.45, 7) is 0.179. The first kappa shape index (κ1) is 19.8. The Morgan fingerprint density at radius 1 is 1.20 bits per heavy atom. The molecule has 0 saturated heterocycles. The topological polar surface area (TPSA) is 97.1 Å². The van der Waals surface area contributed by atoms with Gasteiger partial charge in [0.05, 0.1) is 6.54 Å². The van der Waals surface area contributed by atoms with Gasteiger partial charge in [0, 0.05) is 42.0 Å².